The van der Waals surface area contributed by atoms with Crippen molar-refractivity contribution in [1.29, 1.82) is 5.26 Å². The van der Waals surface area contributed by atoms with Crippen LogP contribution in [0.4, 0.5) is 15.8 Å². The van der Waals surface area contributed by atoms with Crippen LogP contribution in [0.2, 0.25) is 5.02 Å². The van der Waals surface area contributed by atoms with E-state index in [1.165, 1.54) is 30.2 Å². The second kappa shape index (κ2) is 18.3. The number of phenolic OH excluding ortho intramolecular Hbond substituents is 1. The second-order valence-electron chi connectivity index (χ2n) is 18.0. The van der Waals surface area contributed by atoms with E-state index in [0.717, 1.165) is 55.6 Å². The van der Waals surface area contributed by atoms with Crippen LogP contribution in [0, 0.1) is 31.0 Å². The highest BCUT2D eigenvalue weighted by Gasteiger charge is 2.36. The summed E-state index contributed by atoms with van der Waals surface area (Å²) in [6.07, 6.45) is 4.59. The molecule has 3 aliphatic heterocycles. The van der Waals surface area contributed by atoms with E-state index in [2.05, 4.69) is 35.2 Å². The van der Waals surface area contributed by atoms with Crippen molar-refractivity contribution in [3.05, 3.63) is 158 Å². The Morgan fingerprint density at radius 2 is 1.56 bits per heavy atom. The molecule has 1 fully saturated rings. The molecule has 3 amide bonds. The quantitative estimate of drug-likeness (QED) is 0.155. The van der Waals surface area contributed by atoms with E-state index in [9.17, 15) is 19.6 Å². The Kier molecular flexibility index (Phi) is 12.3. The van der Waals surface area contributed by atoms with Gasteiger partial charge in [-0.2, -0.15) is 5.26 Å². The van der Waals surface area contributed by atoms with E-state index >= 15 is 9.59 Å². The minimum atomic E-state index is -0.527. The predicted octanol–water partition coefficient (Wildman–Crippen LogP) is 9.18. The molecule has 0 saturated carbocycles. The number of carbonyl (C=O) groups excluding carboxylic acids is 3. The maximum Gasteiger partial charge on any atom is 0.264 e. The number of piperidine rings is 1. The molecule has 0 radical (unpaired) electrons. The van der Waals surface area contributed by atoms with Gasteiger partial charge in [-0.25, -0.2) is 4.39 Å². The fourth-order valence-corrected chi connectivity index (χ4v) is 10.2. The molecule has 2 aromatic heterocycles. The third kappa shape index (κ3) is 8.49. The molecule has 6 aromatic rings. The van der Waals surface area contributed by atoms with Gasteiger partial charge in [-0.3, -0.25) is 19.3 Å². The number of phenols is 1. The summed E-state index contributed by atoms with van der Waals surface area (Å²) in [4.78, 5) is 52.4. The topological polar surface area (TPSA) is 118 Å². The highest BCUT2D eigenvalue weighted by Crippen LogP contribution is 2.39. The summed E-state index contributed by atoms with van der Waals surface area (Å²) in [7, 11) is 3.68. The summed E-state index contributed by atoms with van der Waals surface area (Å²) >= 11 is 6.01. The monoisotopic (exact) mass is 905 g/mol. The van der Waals surface area contributed by atoms with Crippen molar-refractivity contribution in [1.82, 2.24) is 23.8 Å². The standard InChI is InChI=1S/C53H53ClFN7O4/c1-33-45(53(66)62(41-14-16-44(63)17-15-41)49-27-42(29-56)57(3)34(49)2)28-50(58(33)4)46-23-36-18-21-60(51(64)25-37-12-13-40(54)26-48(37)55)30-39(36)24-47(46)52(65)61-31-38-11-7-6-10-35(38)22-43(61)32-59-19-8-5-9-20-59/h6-7,10-17,23-24,26-28,43,63H,5,8-9,18-22,25,30-32H2,1-4H3/t43-/m0/s1. The van der Waals surface area contributed by atoms with E-state index in [1.807, 2.05) is 48.6 Å². The van der Waals surface area contributed by atoms with E-state index in [-0.39, 0.29) is 53.1 Å². The van der Waals surface area contributed by atoms with E-state index < -0.39 is 5.82 Å². The van der Waals surface area contributed by atoms with Crippen molar-refractivity contribution in [2.24, 2.45) is 14.1 Å². The van der Waals surface area contributed by atoms with Crippen LogP contribution in [0.3, 0.4) is 0 Å². The molecule has 9 rings (SSSR count). The van der Waals surface area contributed by atoms with Crippen molar-refractivity contribution in [3.63, 3.8) is 0 Å². The summed E-state index contributed by atoms with van der Waals surface area (Å²) < 4.78 is 18.6. The van der Waals surface area contributed by atoms with Crippen molar-refractivity contribution >= 4 is 40.7 Å². The van der Waals surface area contributed by atoms with Gasteiger partial charge in [-0.1, -0.05) is 48.4 Å². The van der Waals surface area contributed by atoms with Crippen molar-refractivity contribution in [3.8, 4) is 23.1 Å². The molecule has 66 heavy (non-hydrogen) atoms. The Morgan fingerprint density at radius 3 is 2.27 bits per heavy atom. The number of likely N-dealkylation sites (tertiary alicyclic amines) is 1. The van der Waals surface area contributed by atoms with Gasteiger partial charge in [0.2, 0.25) is 5.91 Å². The van der Waals surface area contributed by atoms with Crippen molar-refractivity contribution in [2.45, 2.75) is 71.5 Å². The number of carbonyl (C=O) groups is 3. The maximum absolute atomic E-state index is 15.6. The Hall–Kier alpha value is -6.68. The lowest BCUT2D eigenvalue weighted by molar-refractivity contribution is -0.131. The van der Waals surface area contributed by atoms with Gasteiger partial charge in [0, 0.05) is 85.2 Å². The zero-order chi connectivity index (χ0) is 46.4. The fourth-order valence-electron chi connectivity index (χ4n) is 10.0. The molecule has 0 spiro atoms. The van der Waals surface area contributed by atoms with Crippen LogP contribution in [0.1, 0.15) is 84.9 Å². The first-order chi connectivity index (χ1) is 31.8. The number of nitrogens with zero attached hydrogens (tertiary/aromatic N) is 7. The SMILES string of the molecule is Cc1c(N(C(=O)c2cc(-c3cc4c(cc3C(=O)N3Cc5ccccc5C[C@H]3CN3CCCCC3)CN(C(=O)Cc3ccc(Cl)cc3F)CC4)n(C)c2C)c2ccc(O)cc2)cc(C#N)n1C. The first-order valence-corrected chi connectivity index (χ1v) is 23.0. The normalized spacial score (nSPS) is 16.1. The summed E-state index contributed by atoms with van der Waals surface area (Å²) in [5.74, 6) is -1.17. The number of benzene rings is 4. The number of hydrogen-bond donors (Lipinski definition) is 1. The number of halogens is 2. The van der Waals surface area contributed by atoms with E-state index in [0.29, 0.717) is 70.4 Å². The van der Waals surface area contributed by atoms with Gasteiger partial charge in [0.1, 0.15) is 23.3 Å². The molecule has 1 saturated heterocycles. The average molecular weight is 907 g/mol. The van der Waals surface area contributed by atoms with Crippen LogP contribution in [0.5, 0.6) is 5.75 Å². The molecule has 4 aromatic carbocycles. The Labute approximate surface area is 389 Å². The Balaban J connectivity index is 1.14. The number of fused-ring (bicyclic) bond motifs is 2. The van der Waals surface area contributed by atoms with Gasteiger partial charge < -0.3 is 28.9 Å². The first-order valence-electron chi connectivity index (χ1n) is 22.6. The van der Waals surface area contributed by atoms with Crippen LogP contribution in [0.15, 0.2) is 91.0 Å². The molecular weight excluding hydrogens is 853 g/mol. The van der Waals surface area contributed by atoms with E-state index in [4.69, 9.17) is 11.6 Å². The highest BCUT2D eigenvalue weighted by molar-refractivity contribution is 6.30. The lowest BCUT2D eigenvalue weighted by Gasteiger charge is -2.41. The predicted molar refractivity (Wildman–Crippen MR) is 253 cm³/mol. The molecule has 3 aliphatic rings. The number of anilines is 2. The molecule has 1 atom stereocenters. The molecule has 0 unspecified atom stereocenters. The highest BCUT2D eigenvalue weighted by atomic mass is 35.5. The summed E-state index contributed by atoms with van der Waals surface area (Å²) in [6, 6.07) is 28.7. The summed E-state index contributed by atoms with van der Waals surface area (Å²) in [5, 5.41) is 20.4. The first kappa shape index (κ1) is 44.5. The van der Waals surface area contributed by atoms with Crippen molar-refractivity contribution < 1.29 is 23.9 Å². The number of amides is 3. The van der Waals surface area contributed by atoms with Crippen LogP contribution >= 0.6 is 11.6 Å². The fraction of sp³-hybridized carbons (Fsp3) is 0.321. The second-order valence-corrected chi connectivity index (χ2v) is 18.4. The third-order valence-corrected chi connectivity index (χ3v) is 14.3. The Bertz CT molecular complexity index is 2930. The minimum Gasteiger partial charge on any atom is -0.508 e. The van der Waals surface area contributed by atoms with Crippen molar-refractivity contribution in [2.75, 3.05) is 31.1 Å². The minimum absolute atomic E-state index is 0.0507. The molecule has 5 heterocycles. The number of aromatic nitrogens is 2. The van der Waals surface area contributed by atoms with Crippen LogP contribution in [-0.4, -0.2) is 78.9 Å². The molecule has 1 N–H and O–H groups in total. The third-order valence-electron chi connectivity index (χ3n) is 14.0. The summed E-state index contributed by atoms with van der Waals surface area (Å²) in [5.41, 5.74) is 9.49. The lowest BCUT2D eigenvalue weighted by atomic mass is 9.89. The zero-order valence-electron chi connectivity index (χ0n) is 37.8. The zero-order valence-corrected chi connectivity index (χ0v) is 38.5. The number of nitriles is 1. The number of aromatic hydroxyl groups is 1. The van der Waals surface area contributed by atoms with Gasteiger partial charge >= 0.3 is 0 Å². The largest absolute Gasteiger partial charge is 0.508 e. The Morgan fingerprint density at radius 1 is 0.818 bits per heavy atom. The number of rotatable bonds is 9. The molecule has 0 bridgehead atoms. The number of hydrogen-bond acceptors (Lipinski definition) is 6. The molecule has 13 heteroatoms. The average Bonchev–Trinajstić information content (AvgIpc) is 3.78. The molecule has 338 valence electrons. The maximum atomic E-state index is 15.6. The lowest BCUT2D eigenvalue weighted by Crippen LogP contribution is -2.51. The van der Waals surface area contributed by atoms with E-state index in [1.54, 1.807) is 51.7 Å². The van der Waals surface area contributed by atoms with Gasteiger partial charge in [0.05, 0.1) is 17.7 Å². The molecule has 11 nitrogen and oxygen atoms in total. The molecular formula is C53H53ClFN7O4. The van der Waals surface area contributed by atoms with Crippen LogP contribution < -0.4 is 4.90 Å². The van der Waals surface area contributed by atoms with Gasteiger partial charge in [0.15, 0.2) is 0 Å². The smallest absolute Gasteiger partial charge is 0.264 e. The van der Waals surface area contributed by atoms with Gasteiger partial charge in [-0.15, -0.1) is 0 Å². The molecule has 0 aliphatic carbocycles. The van der Waals surface area contributed by atoms with Gasteiger partial charge in [0.25, 0.3) is 11.8 Å². The summed E-state index contributed by atoms with van der Waals surface area (Å²) in [6.45, 7) is 7.59. The van der Waals surface area contributed by atoms with Gasteiger partial charge in [-0.05, 0) is 141 Å². The van der Waals surface area contributed by atoms with Crippen LogP contribution in [-0.2, 0) is 51.2 Å². The van der Waals surface area contributed by atoms with Crippen LogP contribution in [0.25, 0.3) is 11.3 Å².